The maximum atomic E-state index is 13.9. The average molecular weight is 435 g/mol. The Morgan fingerprint density at radius 3 is 2.50 bits per heavy atom. The molecular formula is C26H26FNO4. The highest BCUT2D eigenvalue weighted by Crippen LogP contribution is 2.39. The van der Waals surface area contributed by atoms with Crippen molar-refractivity contribution in [1.82, 2.24) is 4.90 Å². The predicted molar refractivity (Wildman–Crippen MR) is 119 cm³/mol. The van der Waals surface area contributed by atoms with Crippen molar-refractivity contribution in [2.24, 2.45) is 0 Å². The number of nitrogens with zero attached hydrogens (tertiary/aromatic N) is 1. The first-order valence-electron chi connectivity index (χ1n) is 11.0. The molecule has 2 aromatic carbocycles. The summed E-state index contributed by atoms with van der Waals surface area (Å²) in [5, 5.41) is 0.145. The third-order valence-electron chi connectivity index (χ3n) is 6.44. The molecule has 0 N–H and O–H groups in total. The van der Waals surface area contributed by atoms with Gasteiger partial charge in [0.2, 0.25) is 5.76 Å². The number of halogens is 1. The molecule has 0 spiro atoms. The fourth-order valence-corrected chi connectivity index (χ4v) is 4.70. The van der Waals surface area contributed by atoms with Crippen LogP contribution in [0.1, 0.15) is 66.9 Å². The van der Waals surface area contributed by atoms with Crippen LogP contribution < -0.4 is 5.43 Å². The maximum absolute atomic E-state index is 13.9. The molecule has 0 radical (unpaired) electrons. The Bertz CT molecular complexity index is 1250. The lowest BCUT2D eigenvalue weighted by molar-refractivity contribution is 0.0486. The lowest BCUT2D eigenvalue weighted by Crippen LogP contribution is -2.36. The summed E-state index contributed by atoms with van der Waals surface area (Å²) in [6.45, 7) is 7.45. The van der Waals surface area contributed by atoms with Gasteiger partial charge in [0.25, 0.3) is 5.91 Å². The Labute approximate surface area is 185 Å². The molecule has 1 aromatic heterocycles. The van der Waals surface area contributed by atoms with Crippen molar-refractivity contribution in [1.29, 1.82) is 0 Å². The van der Waals surface area contributed by atoms with Gasteiger partial charge in [-0.25, -0.2) is 4.39 Å². The number of benzene rings is 2. The number of hydrogen-bond donors (Lipinski definition) is 0. The topological polar surface area (TPSA) is 59.8 Å². The van der Waals surface area contributed by atoms with Crippen LogP contribution in [0.2, 0.25) is 0 Å². The van der Waals surface area contributed by atoms with Gasteiger partial charge in [-0.3, -0.25) is 9.59 Å². The summed E-state index contributed by atoms with van der Waals surface area (Å²) in [4.78, 5) is 28.6. The number of fused-ring (bicyclic) bond motifs is 2. The normalized spacial score (nSPS) is 20.9. The molecule has 5 rings (SSSR count). The lowest BCUT2D eigenvalue weighted by Gasteiger charge is -2.28. The van der Waals surface area contributed by atoms with Crippen molar-refractivity contribution in [2.45, 2.75) is 51.2 Å². The summed E-state index contributed by atoms with van der Waals surface area (Å²) in [5.41, 5.74) is 2.08. The van der Waals surface area contributed by atoms with E-state index in [4.69, 9.17) is 9.15 Å². The Morgan fingerprint density at radius 1 is 1.09 bits per heavy atom. The van der Waals surface area contributed by atoms with Crippen LogP contribution in [0.15, 0.2) is 51.7 Å². The van der Waals surface area contributed by atoms with Gasteiger partial charge in [0.05, 0.1) is 23.1 Å². The minimum atomic E-state index is -0.598. The molecule has 1 amide bonds. The number of amides is 1. The molecule has 2 aliphatic rings. The van der Waals surface area contributed by atoms with Gasteiger partial charge in [-0.2, -0.15) is 0 Å². The minimum Gasteiger partial charge on any atom is -0.450 e. The highest BCUT2D eigenvalue weighted by molar-refractivity contribution is 5.99. The standard InChI is InChI=1S/C26H26FNO4/c1-26(2,3)16-8-6-15(7-9-16)22-21-23(29)19-13-17(27)10-11-20(19)32-24(21)25(30)28(22)14-18-5-4-12-31-18/h6-11,13,18,22H,4-5,12,14H2,1-3H3. The first kappa shape index (κ1) is 20.9. The molecule has 166 valence electrons. The summed E-state index contributed by atoms with van der Waals surface area (Å²) in [6.07, 6.45) is 1.74. The second kappa shape index (κ2) is 7.55. The van der Waals surface area contributed by atoms with Crippen molar-refractivity contribution in [3.63, 3.8) is 0 Å². The molecule has 2 unspecified atom stereocenters. The van der Waals surface area contributed by atoms with Crippen LogP contribution >= 0.6 is 0 Å². The molecule has 2 atom stereocenters. The summed E-state index contributed by atoms with van der Waals surface area (Å²) in [6, 6.07) is 11.2. The fraction of sp³-hybridized carbons (Fsp3) is 0.385. The second-order valence-electron chi connectivity index (χ2n) is 9.68. The molecule has 3 aromatic rings. The Morgan fingerprint density at radius 2 is 1.84 bits per heavy atom. The Kier molecular flexibility index (Phi) is 4.93. The number of rotatable bonds is 3. The molecule has 32 heavy (non-hydrogen) atoms. The van der Waals surface area contributed by atoms with Gasteiger partial charge in [-0.15, -0.1) is 0 Å². The molecule has 2 aliphatic heterocycles. The van der Waals surface area contributed by atoms with Gasteiger partial charge >= 0.3 is 0 Å². The molecule has 1 fully saturated rings. The van der Waals surface area contributed by atoms with Crippen LogP contribution in [0, 0.1) is 5.82 Å². The number of carbonyl (C=O) groups is 1. The summed E-state index contributed by atoms with van der Waals surface area (Å²) >= 11 is 0. The van der Waals surface area contributed by atoms with Crippen LogP contribution in [0.5, 0.6) is 0 Å². The zero-order valence-corrected chi connectivity index (χ0v) is 18.5. The van der Waals surface area contributed by atoms with Crippen molar-refractivity contribution in [3.05, 3.63) is 81.0 Å². The van der Waals surface area contributed by atoms with E-state index < -0.39 is 11.9 Å². The zero-order chi connectivity index (χ0) is 22.6. The van der Waals surface area contributed by atoms with Crippen molar-refractivity contribution in [2.75, 3.05) is 13.2 Å². The van der Waals surface area contributed by atoms with E-state index in [9.17, 15) is 14.0 Å². The minimum absolute atomic E-state index is 0.0218. The van der Waals surface area contributed by atoms with E-state index in [-0.39, 0.29) is 45.1 Å². The molecule has 1 saturated heterocycles. The predicted octanol–water partition coefficient (Wildman–Crippen LogP) is 4.95. The van der Waals surface area contributed by atoms with Gasteiger partial charge in [0.1, 0.15) is 11.4 Å². The SMILES string of the molecule is CC(C)(C)c1ccc(C2c3c(oc4ccc(F)cc4c3=O)C(=O)N2CC2CCCO2)cc1. The lowest BCUT2D eigenvalue weighted by atomic mass is 9.86. The zero-order valence-electron chi connectivity index (χ0n) is 18.5. The van der Waals surface area contributed by atoms with Gasteiger partial charge in [-0.1, -0.05) is 45.0 Å². The number of hydrogen-bond acceptors (Lipinski definition) is 4. The molecule has 0 saturated carbocycles. The summed E-state index contributed by atoms with van der Waals surface area (Å²) < 4.78 is 25.6. The van der Waals surface area contributed by atoms with E-state index in [2.05, 4.69) is 20.8 Å². The average Bonchev–Trinajstić information content (AvgIpc) is 3.36. The van der Waals surface area contributed by atoms with Crippen molar-refractivity contribution < 1.29 is 18.3 Å². The van der Waals surface area contributed by atoms with E-state index >= 15 is 0 Å². The number of carbonyl (C=O) groups excluding carboxylic acids is 1. The van der Waals surface area contributed by atoms with Crippen molar-refractivity contribution in [3.8, 4) is 0 Å². The van der Waals surface area contributed by atoms with E-state index in [0.29, 0.717) is 13.2 Å². The van der Waals surface area contributed by atoms with Crippen LogP contribution in [0.25, 0.3) is 11.0 Å². The maximum Gasteiger partial charge on any atom is 0.291 e. The third kappa shape index (κ3) is 3.43. The molecule has 5 nitrogen and oxygen atoms in total. The van der Waals surface area contributed by atoms with Gasteiger partial charge in [0.15, 0.2) is 5.43 Å². The fourth-order valence-electron chi connectivity index (χ4n) is 4.70. The quantitative estimate of drug-likeness (QED) is 0.584. The summed E-state index contributed by atoms with van der Waals surface area (Å²) in [5.74, 6) is -0.808. The van der Waals surface area contributed by atoms with Gasteiger partial charge in [-0.05, 0) is 47.6 Å². The highest BCUT2D eigenvalue weighted by Gasteiger charge is 2.44. The molecular weight excluding hydrogens is 409 g/mol. The van der Waals surface area contributed by atoms with Gasteiger partial charge < -0.3 is 14.1 Å². The molecule has 0 bridgehead atoms. The molecule has 6 heteroatoms. The smallest absolute Gasteiger partial charge is 0.291 e. The van der Waals surface area contributed by atoms with Crippen LogP contribution in [0.4, 0.5) is 4.39 Å². The highest BCUT2D eigenvalue weighted by atomic mass is 19.1. The molecule has 0 aliphatic carbocycles. The monoisotopic (exact) mass is 435 g/mol. The van der Waals surface area contributed by atoms with E-state index in [1.807, 2.05) is 24.3 Å². The van der Waals surface area contributed by atoms with E-state index in [1.54, 1.807) is 4.90 Å². The Hall–Kier alpha value is -2.99. The van der Waals surface area contributed by atoms with Crippen molar-refractivity contribution >= 4 is 16.9 Å². The first-order chi connectivity index (χ1) is 15.2. The molecule has 3 heterocycles. The first-order valence-corrected chi connectivity index (χ1v) is 11.0. The third-order valence-corrected chi connectivity index (χ3v) is 6.44. The van der Waals surface area contributed by atoms with Crippen LogP contribution in [0.3, 0.4) is 0 Å². The van der Waals surface area contributed by atoms with Gasteiger partial charge in [0, 0.05) is 13.2 Å². The summed E-state index contributed by atoms with van der Waals surface area (Å²) in [7, 11) is 0. The second-order valence-corrected chi connectivity index (χ2v) is 9.68. The Balaban J connectivity index is 1.67. The van der Waals surface area contributed by atoms with E-state index in [1.165, 1.54) is 18.2 Å². The number of ether oxygens (including phenoxy) is 1. The van der Waals surface area contributed by atoms with E-state index in [0.717, 1.165) is 24.0 Å². The largest absolute Gasteiger partial charge is 0.450 e. The van der Waals surface area contributed by atoms with Crippen LogP contribution in [-0.2, 0) is 10.2 Å². The van der Waals surface area contributed by atoms with Crippen LogP contribution in [-0.4, -0.2) is 30.1 Å².